The van der Waals surface area contributed by atoms with Gasteiger partial charge >= 0.3 is 5.69 Å². The molecule has 0 unspecified atom stereocenters. The van der Waals surface area contributed by atoms with Crippen LogP contribution < -0.4 is 4.74 Å². The molecular formula is C9H9F2NO4. The van der Waals surface area contributed by atoms with Gasteiger partial charge in [0.2, 0.25) is 11.6 Å². The van der Waals surface area contributed by atoms with E-state index in [0.717, 1.165) is 6.07 Å². The van der Waals surface area contributed by atoms with Gasteiger partial charge in [-0.05, 0) is 6.07 Å². The lowest BCUT2D eigenvalue weighted by atomic mass is 10.2. The van der Waals surface area contributed by atoms with Crippen molar-refractivity contribution in [1.29, 1.82) is 0 Å². The number of halogens is 2. The lowest BCUT2D eigenvalue weighted by Gasteiger charge is -2.12. The highest BCUT2D eigenvalue weighted by Crippen LogP contribution is 2.32. The van der Waals surface area contributed by atoms with Crippen molar-refractivity contribution in [2.45, 2.75) is 19.6 Å². The van der Waals surface area contributed by atoms with Gasteiger partial charge in [-0.3, -0.25) is 10.1 Å². The molecule has 0 amide bonds. The Morgan fingerprint density at radius 2 is 2.19 bits per heavy atom. The molecule has 0 spiro atoms. The van der Waals surface area contributed by atoms with Crippen LogP contribution in [0.5, 0.6) is 5.75 Å². The zero-order valence-corrected chi connectivity index (χ0v) is 8.31. The fraction of sp³-hybridized carbons (Fsp3) is 0.333. The van der Waals surface area contributed by atoms with E-state index < -0.39 is 34.3 Å². The summed E-state index contributed by atoms with van der Waals surface area (Å²) in [6, 6.07) is 1.40. The lowest BCUT2D eigenvalue weighted by Crippen LogP contribution is -2.16. The molecule has 0 saturated carbocycles. The number of aliphatic hydroxyl groups is 1. The number of nitro benzene ring substituents is 1. The van der Waals surface area contributed by atoms with E-state index in [0.29, 0.717) is 6.07 Å². The van der Waals surface area contributed by atoms with Crippen molar-refractivity contribution in [2.24, 2.45) is 0 Å². The van der Waals surface area contributed by atoms with E-state index in [1.54, 1.807) is 0 Å². The van der Waals surface area contributed by atoms with Crippen molar-refractivity contribution in [3.8, 4) is 5.75 Å². The van der Waals surface area contributed by atoms with E-state index >= 15 is 0 Å². The zero-order valence-electron chi connectivity index (χ0n) is 8.31. The molecular weight excluding hydrogens is 224 g/mol. The van der Waals surface area contributed by atoms with Gasteiger partial charge in [-0.1, -0.05) is 6.92 Å². The van der Waals surface area contributed by atoms with Gasteiger partial charge in [-0.15, -0.1) is 0 Å². The first-order valence-corrected chi connectivity index (χ1v) is 4.44. The Labute approximate surface area is 89.4 Å². The smallest absolute Gasteiger partial charge is 0.314 e. The molecule has 1 aromatic carbocycles. The van der Waals surface area contributed by atoms with Crippen LogP contribution in [-0.4, -0.2) is 16.3 Å². The van der Waals surface area contributed by atoms with E-state index in [1.807, 2.05) is 0 Å². The van der Waals surface area contributed by atoms with E-state index in [2.05, 4.69) is 4.74 Å². The standard InChI is InChI=1S/C9H9F2NO4/c1-2-7(13)16-9-6(12(14)15)4-3-5(10)8(9)11/h3-4,7,13H,2H2,1H3/t7-/m0/s1. The molecule has 16 heavy (non-hydrogen) atoms. The van der Waals surface area contributed by atoms with E-state index in [1.165, 1.54) is 6.92 Å². The van der Waals surface area contributed by atoms with Crippen LogP contribution in [0.4, 0.5) is 14.5 Å². The van der Waals surface area contributed by atoms with Gasteiger partial charge in [0.15, 0.2) is 12.1 Å². The normalized spacial score (nSPS) is 12.2. The predicted octanol–water partition coefficient (Wildman–Crippen LogP) is 1.98. The second-order valence-corrected chi connectivity index (χ2v) is 2.95. The van der Waals surface area contributed by atoms with Gasteiger partial charge in [0.25, 0.3) is 0 Å². The van der Waals surface area contributed by atoms with Crippen molar-refractivity contribution < 1.29 is 23.5 Å². The van der Waals surface area contributed by atoms with E-state index in [4.69, 9.17) is 5.11 Å². The Morgan fingerprint density at radius 1 is 1.56 bits per heavy atom. The average molecular weight is 233 g/mol. The number of ether oxygens (including phenoxy) is 1. The highest BCUT2D eigenvalue weighted by Gasteiger charge is 2.24. The third-order valence-electron chi connectivity index (χ3n) is 1.83. The van der Waals surface area contributed by atoms with Crippen LogP contribution in [0.3, 0.4) is 0 Å². The summed E-state index contributed by atoms with van der Waals surface area (Å²) in [6.07, 6.45) is -1.33. The zero-order chi connectivity index (χ0) is 12.3. The fourth-order valence-corrected chi connectivity index (χ4v) is 0.997. The topological polar surface area (TPSA) is 72.6 Å². The Bertz CT molecular complexity index is 411. The van der Waals surface area contributed by atoms with Gasteiger partial charge in [0.05, 0.1) is 4.92 Å². The lowest BCUT2D eigenvalue weighted by molar-refractivity contribution is -0.386. The van der Waals surface area contributed by atoms with Crippen molar-refractivity contribution >= 4 is 5.69 Å². The molecule has 5 nitrogen and oxygen atoms in total. The SMILES string of the molecule is CC[C@@H](O)Oc1c([N+](=O)[O-])ccc(F)c1F. The van der Waals surface area contributed by atoms with E-state index in [-0.39, 0.29) is 6.42 Å². The Balaban J connectivity index is 3.21. The molecule has 0 bridgehead atoms. The summed E-state index contributed by atoms with van der Waals surface area (Å²) in [7, 11) is 0. The molecule has 7 heteroatoms. The molecule has 0 saturated heterocycles. The highest BCUT2D eigenvalue weighted by atomic mass is 19.2. The summed E-state index contributed by atoms with van der Waals surface area (Å²) in [4.78, 5) is 9.59. The third-order valence-corrected chi connectivity index (χ3v) is 1.83. The molecule has 1 aromatic rings. The second-order valence-electron chi connectivity index (χ2n) is 2.95. The van der Waals surface area contributed by atoms with Gasteiger partial charge in [-0.25, -0.2) is 4.39 Å². The summed E-state index contributed by atoms with van der Waals surface area (Å²) in [5.41, 5.74) is -0.730. The molecule has 1 N–H and O–H groups in total. The summed E-state index contributed by atoms with van der Waals surface area (Å²) >= 11 is 0. The average Bonchev–Trinajstić information content (AvgIpc) is 2.24. The van der Waals surface area contributed by atoms with Gasteiger partial charge in [0, 0.05) is 12.5 Å². The van der Waals surface area contributed by atoms with Gasteiger partial charge < -0.3 is 9.84 Å². The Morgan fingerprint density at radius 3 is 2.69 bits per heavy atom. The molecule has 88 valence electrons. The Hall–Kier alpha value is -1.76. The highest BCUT2D eigenvalue weighted by molar-refractivity contribution is 5.47. The van der Waals surface area contributed by atoms with Crippen LogP contribution in [0.15, 0.2) is 12.1 Å². The summed E-state index contributed by atoms with van der Waals surface area (Å²) in [6.45, 7) is 1.52. The van der Waals surface area contributed by atoms with Crippen LogP contribution in [-0.2, 0) is 0 Å². The first kappa shape index (κ1) is 12.3. The molecule has 0 aromatic heterocycles. The van der Waals surface area contributed by atoms with Crippen LogP contribution in [0.2, 0.25) is 0 Å². The van der Waals surface area contributed by atoms with Crippen molar-refractivity contribution in [3.05, 3.63) is 33.9 Å². The summed E-state index contributed by atoms with van der Waals surface area (Å²) in [5.74, 6) is -3.65. The van der Waals surface area contributed by atoms with Crippen LogP contribution in [0.25, 0.3) is 0 Å². The van der Waals surface area contributed by atoms with Gasteiger partial charge in [-0.2, -0.15) is 4.39 Å². The van der Waals surface area contributed by atoms with Gasteiger partial charge in [0.1, 0.15) is 0 Å². The minimum Gasteiger partial charge on any atom is -0.455 e. The fourth-order valence-electron chi connectivity index (χ4n) is 0.997. The molecule has 0 aliphatic heterocycles. The van der Waals surface area contributed by atoms with Crippen molar-refractivity contribution in [1.82, 2.24) is 0 Å². The molecule has 1 atom stereocenters. The predicted molar refractivity (Wildman–Crippen MR) is 49.9 cm³/mol. The number of hydrogen-bond donors (Lipinski definition) is 1. The van der Waals surface area contributed by atoms with Crippen LogP contribution in [0.1, 0.15) is 13.3 Å². The number of aliphatic hydroxyl groups excluding tert-OH is 1. The van der Waals surface area contributed by atoms with E-state index in [9.17, 15) is 18.9 Å². The number of benzene rings is 1. The first-order valence-electron chi connectivity index (χ1n) is 4.44. The molecule has 0 aliphatic rings. The Kier molecular flexibility index (Phi) is 3.73. The maximum absolute atomic E-state index is 13.2. The maximum Gasteiger partial charge on any atom is 0.314 e. The first-order chi connectivity index (χ1) is 7.47. The molecule has 0 radical (unpaired) electrons. The number of hydrogen-bond acceptors (Lipinski definition) is 4. The molecule has 0 fully saturated rings. The second kappa shape index (κ2) is 4.84. The van der Waals surface area contributed by atoms with Crippen LogP contribution >= 0.6 is 0 Å². The largest absolute Gasteiger partial charge is 0.455 e. The summed E-state index contributed by atoms with van der Waals surface area (Å²) in [5, 5.41) is 19.6. The monoisotopic (exact) mass is 233 g/mol. The molecule has 1 rings (SSSR count). The van der Waals surface area contributed by atoms with Crippen LogP contribution in [0, 0.1) is 21.7 Å². The quantitative estimate of drug-likeness (QED) is 0.490. The molecule has 0 aliphatic carbocycles. The van der Waals surface area contributed by atoms with Crippen molar-refractivity contribution in [3.63, 3.8) is 0 Å². The maximum atomic E-state index is 13.2. The number of rotatable bonds is 4. The summed E-state index contributed by atoms with van der Waals surface area (Å²) < 4.78 is 30.6. The van der Waals surface area contributed by atoms with Crippen molar-refractivity contribution in [2.75, 3.05) is 0 Å². The molecule has 0 heterocycles. The number of nitrogens with zero attached hydrogens (tertiary/aromatic N) is 1. The minimum absolute atomic E-state index is 0.0904. The third kappa shape index (κ3) is 2.43. The minimum atomic E-state index is -1.48. The number of nitro groups is 1.